The summed E-state index contributed by atoms with van der Waals surface area (Å²) in [5.74, 6) is -2.80. The molecule has 1 N–H and O–H groups in total. The molecular formula is C17H18F2N2O5S. The number of benzene rings is 1. The Morgan fingerprint density at radius 3 is 2.59 bits per heavy atom. The summed E-state index contributed by atoms with van der Waals surface area (Å²) in [5.41, 5.74) is 0.0523. The number of carbonyl (C=O) groups excluding carboxylic acids is 2. The fourth-order valence-corrected chi connectivity index (χ4v) is 5.22. The lowest BCUT2D eigenvalue weighted by Gasteiger charge is -2.38. The summed E-state index contributed by atoms with van der Waals surface area (Å²) in [7, 11) is -2.13. The van der Waals surface area contributed by atoms with Gasteiger partial charge in [-0.3, -0.25) is 4.90 Å². The fourth-order valence-electron chi connectivity index (χ4n) is 3.52. The fraction of sp³-hybridized carbons (Fsp3) is 0.412. The molecule has 1 fully saturated rings. The van der Waals surface area contributed by atoms with Crippen molar-refractivity contribution in [1.29, 1.82) is 0 Å². The number of allylic oxidation sites excluding steroid dienone is 1. The van der Waals surface area contributed by atoms with E-state index in [0.717, 1.165) is 19.2 Å². The van der Waals surface area contributed by atoms with Gasteiger partial charge in [0.05, 0.1) is 36.3 Å². The molecule has 2 amide bonds. The van der Waals surface area contributed by atoms with Crippen LogP contribution in [0.4, 0.5) is 13.6 Å². The highest BCUT2D eigenvalue weighted by molar-refractivity contribution is 7.91. The van der Waals surface area contributed by atoms with E-state index in [1.165, 1.54) is 11.8 Å². The molecule has 7 nitrogen and oxygen atoms in total. The molecule has 2 atom stereocenters. The Morgan fingerprint density at radius 1 is 1.33 bits per heavy atom. The first kappa shape index (κ1) is 19.3. The van der Waals surface area contributed by atoms with Crippen LogP contribution < -0.4 is 5.32 Å². The number of nitrogens with zero attached hydrogens (tertiary/aromatic N) is 1. The van der Waals surface area contributed by atoms with Crippen LogP contribution in [0, 0.1) is 11.6 Å². The lowest BCUT2D eigenvalue weighted by Crippen LogP contribution is -2.52. The normalized spacial score (nSPS) is 24.7. The molecule has 0 spiro atoms. The second-order valence-corrected chi connectivity index (χ2v) is 8.69. The van der Waals surface area contributed by atoms with Crippen LogP contribution in [0.25, 0.3) is 0 Å². The van der Waals surface area contributed by atoms with Crippen LogP contribution >= 0.6 is 0 Å². The van der Waals surface area contributed by atoms with Gasteiger partial charge in [0.15, 0.2) is 9.84 Å². The van der Waals surface area contributed by atoms with Crippen molar-refractivity contribution in [2.24, 2.45) is 0 Å². The molecule has 3 rings (SSSR count). The summed E-state index contributed by atoms with van der Waals surface area (Å²) in [6.45, 7) is 1.48. The Balaban J connectivity index is 2.09. The number of nitrogens with one attached hydrogen (secondary N) is 1. The van der Waals surface area contributed by atoms with Crippen LogP contribution in [0.1, 0.15) is 24.9 Å². The predicted molar refractivity (Wildman–Crippen MR) is 91.2 cm³/mol. The molecule has 1 aromatic rings. The maximum Gasteiger partial charge on any atom is 0.337 e. The summed E-state index contributed by atoms with van der Waals surface area (Å²) in [6, 6.07) is 0.345. The van der Waals surface area contributed by atoms with Gasteiger partial charge in [0, 0.05) is 17.3 Å². The van der Waals surface area contributed by atoms with Crippen LogP contribution in [0.5, 0.6) is 0 Å². The van der Waals surface area contributed by atoms with Crippen molar-refractivity contribution in [1.82, 2.24) is 10.2 Å². The minimum atomic E-state index is -3.27. The lowest BCUT2D eigenvalue weighted by atomic mass is 9.93. The largest absolute Gasteiger partial charge is 0.466 e. The Morgan fingerprint density at radius 2 is 2.04 bits per heavy atom. The van der Waals surface area contributed by atoms with E-state index in [4.69, 9.17) is 4.74 Å². The van der Waals surface area contributed by atoms with Crippen LogP contribution in [-0.2, 0) is 19.4 Å². The lowest BCUT2D eigenvalue weighted by molar-refractivity contribution is -0.136. The molecule has 1 saturated heterocycles. The number of hydrogen-bond donors (Lipinski definition) is 1. The average molecular weight is 400 g/mol. The molecule has 27 heavy (non-hydrogen) atoms. The van der Waals surface area contributed by atoms with Gasteiger partial charge in [-0.1, -0.05) is 6.07 Å². The minimum absolute atomic E-state index is 0.0353. The third kappa shape index (κ3) is 3.53. The van der Waals surface area contributed by atoms with Gasteiger partial charge in [0.1, 0.15) is 11.6 Å². The zero-order valence-electron chi connectivity index (χ0n) is 14.7. The molecule has 1 aromatic carbocycles. The van der Waals surface area contributed by atoms with Crippen LogP contribution in [0.2, 0.25) is 0 Å². The number of sulfone groups is 1. The van der Waals surface area contributed by atoms with E-state index in [0.29, 0.717) is 6.07 Å². The summed E-state index contributed by atoms with van der Waals surface area (Å²) in [6.07, 6.45) is 0.233. The van der Waals surface area contributed by atoms with E-state index in [-0.39, 0.29) is 34.8 Å². The first-order valence-electron chi connectivity index (χ1n) is 8.19. The number of ether oxygens (including phenoxy) is 1. The molecule has 2 aliphatic heterocycles. The highest BCUT2D eigenvalue weighted by Gasteiger charge is 2.43. The number of carbonyl (C=O) groups is 2. The van der Waals surface area contributed by atoms with Crippen molar-refractivity contribution >= 4 is 21.8 Å². The first-order chi connectivity index (χ1) is 12.6. The van der Waals surface area contributed by atoms with Gasteiger partial charge < -0.3 is 10.1 Å². The van der Waals surface area contributed by atoms with Gasteiger partial charge in [-0.15, -0.1) is 0 Å². The highest BCUT2D eigenvalue weighted by Crippen LogP contribution is 2.35. The topological polar surface area (TPSA) is 92.8 Å². The molecule has 0 unspecified atom stereocenters. The third-order valence-electron chi connectivity index (χ3n) is 4.78. The van der Waals surface area contributed by atoms with Crippen molar-refractivity contribution in [3.63, 3.8) is 0 Å². The highest BCUT2D eigenvalue weighted by atomic mass is 32.2. The Labute approximate surface area is 154 Å². The van der Waals surface area contributed by atoms with Crippen molar-refractivity contribution in [2.45, 2.75) is 25.4 Å². The van der Waals surface area contributed by atoms with Crippen molar-refractivity contribution in [3.05, 3.63) is 46.7 Å². The third-order valence-corrected chi connectivity index (χ3v) is 6.53. The maximum atomic E-state index is 14.3. The number of rotatable bonds is 3. The first-order valence-corrected chi connectivity index (χ1v) is 10.0. The van der Waals surface area contributed by atoms with Gasteiger partial charge in [-0.05, 0) is 19.4 Å². The Hall–Kier alpha value is -2.49. The molecule has 0 aromatic heterocycles. The van der Waals surface area contributed by atoms with E-state index >= 15 is 0 Å². The Kier molecular flexibility index (Phi) is 4.94. The zero-order chi connectivity index (χ0) is 19.9. The van der Waals surface area contributed by atoms with Crippen molar-refractivity contribution < 1.29 is 31.5 Å². The number of amides is 2. The SMILES string of the molecule is COC(=O)C1=C(C)N([C@H]2CCS(=O)(=O)C2)C(=O)N[C@H]1c1ccc(F)cc1F. The Bertz CT molecular complexity index is 945. The number of hydrogen-bond acceptors (Lipinski definition) is 5. The predicted octanol–water partition coefficient (Wildman–Crippen LogP) is 1.67. The average Bonchev–Trinajstić information content (AvgIpc) is 2.93. The molecule has 2 aliphatic rings. The van der Waals surface area contributed by atoms with Gasteiger partial charge in [-0.25, -0.2) is 26.8 Å². The van der Waals surface area contributed by atoms with Crippen LogP contribution in [0.3, 0.4) is 0 Å². The van der Waals surface area contributed by atoms with E-state index in [9.17, 15) is 26.8 Å². The van der Waals surface area contributed by atoms with E-state index in [1.54, 1.807) is 0 Å². The van der Waals surface area contributed by atoms with E-state index < -0.39 is 45.6 Å². The molecular weight excluding hydrogens is 382 g/mol. The quantitative estimate of drug-likeness (QED) is 0.779. The molecule has 10 heteroatoms. The van der Waals surface area contributed by atoms with Crippen LogP contribution in [-0.4, -0.2) is 50.0 Å². The van der Waals surface area contributed by atoms with E-state index in [2.05, 4.69) is 5.32 Å². The number of urea groups is 1. The van der Waals surface area contributed by atoms with Gasteiger partial charge >= 0.3 is 12.0 Å². The molecule has 0 aliphatic carbocycles. The monoisotopic (exact) mass is 400 g/mol. The summed E-state index contributed by atoms with van der Waals surface area (Å²) < 4.78 is 55.8. The summed E-state index contributed by atoms with van der Waals surface area (Å²) in [5, 5.41) is 2.51. The molecule has 0 radical (unpaired) electrons. The van der Waals surface area contributed by atoms with Gasteiger partial charge in [-0.2, -0.15) is 0 Å². The minimum Gasteiger partial charge on any atom is -0.466 e. The second-order valence-electron chi connectivity index (χ2n) is 6.47. The standard InChI is InChI=1S/C17H18F2N2O5S/c1-9-14(16(22)26-2)15(12-4-3-10(18)7-13(12)19)20-17(23)21(9)11-5-6-27(24,25)8-11/h3-4,7,11,15H,5-6,8H2,1-2H3,(H,20,23)/t11-,15-/m0/s1. The van der Waals surface area contributed by atoms with Gasteiger partial charge in [0.25, 0.3) is 0 Å². The molecule has 146 valence electrons. The zero-order valence-corrected chi connectivity index (χ0v) is 15.5. The molecule has 0 bridgehead atoms. The van der Waals surface area contributed by atoms with E-state index in [1.807, 2.05) is 0 Å². The molecule has 0 saturated carbocycles. The number of methoxy groups -OCH3 is 1. The van der Waals surface area contributed by atoms with Crippen LogP contribution in [0.15, 0.2) is 29.5 Å². The van der Waals surface area contributed by atoms with Gasteiger partial charge in [0.2, 0.25) is 0 Å². The summed E-state index contributed by atoms with van der Waals surface area (Å²) in [4.78, 5) is 26.2. The second kappa shape index (κ2) is 6.91. The smallest absolute Gasteiger partial charge is 0.337 e. The summed E-state index contributed by atoms with van der Waals surface area (Å²) >= 11 is 0. The maximum absolute atomic E-state index is 14.3. The number of halogens is 2. The van der Waals surface area contributed by atoms with Crippen molar-refractivity contribution in [3.8, 4) is 0 Å². The molecule has 2 heterocycles. The number of esters is 1. The van der Waals surface area contributed by atoms with Crippen molar-refractivity contribution in [2.75, 3.05) is 18.6 Å².